The molecule has 0 spiro atoms. The molecular formula is C27H24FN3O3. The molecule has 6 nitrogen and oxygen atoms in total. The van der Waals surface area contributed by atoms with Crippen LogP contribution in [0.1, 0.15) is 27.9 Å². The topological polar surface area (TPSA) is 75.4 Å². The molecule has 0 saturated heterocycles. The van der Waals surface area contributed by atoms with Crippen molar-refractivity contribution in [2.75, 3.05) is 6.54 Å². The second-order valence-corrected chi connectivity index (χ2v) is 8.64. The zero-order valence-electron chi connectivity index (χ0n) is 18.6. The Morgan fingerprint density at radius 1 is 0.971 bits per heavy atom. The fourth-order valence-electron chi connectivity index (χ4n) is 4.70. The highest BCUT2D eigenvalue weighted by Gasteiger charge is 2.27. The minimum absolute atomic E-state index is 0.0205. The van der Waals surface area contributed by atoms with E-state index in [1.165, 1.54) is 17.7 Å². The quantitative estimate of drug-likeness (QED) is 0.475. The SMILES string of the molecule is O=C(O)Cc1ccc(CC(=O)N2CCc3c(n(Cc4cccc(F)c4)c4ncccc34)C2)cc1. The Bertz CT molecular complexity index is 1380. The van der Waals surface area contributed by atoms with Gasteiger partial charge in [0.25, 0.3) is 0 Å². The van der Waals surface area contributed by atoms with Crippen LogP contribution in [0.5, 0.6) is 0 Å². The number of aromatic nitrogens is 2. The molecule has 5 rings (SSSR count). The third-order valence-electron chi connectivity index (χ3n) is 6.33. The van der Waals surface area contributed by atoms with E-state index in [2.05, 4.69) is 15.6 Å². The number of hydrogen-bond acceptors (Lipinski definition) is 3. The molecule has 172 valence electrons. The summed E-state index contributed by atoms with van der Waals surface area (Å²) < 4.78 is 15.9. The van der Waals surface area contributed by atoms with Crippen molar-refractivity contribution < 1.29 is 19.1 Å². The van der Waals surface area contributed by atoms with Crippen LogP contribution in [-0.2, 0) is 41.9 Å². The van der Waals surface area contributed by atoms with Crippen LogP contribution in [0.2, 0.25) is 0 Å². The lowest BCUT2D eigenvalue weighted by molar-refractivity contribution is -0.136. The molecule has 0 unspecified atom stereocenters. The number of pyridine rings is 1. The van der Waals surface area contributed by atoms with E-state index in [-0.39, 0.29) is 24.6 Å². The first-order valence-corrected chi connectivity index (χ1v) is 11.2. The predicted octanol–water partition coefficient (Wildman–Crippen LogP) is 3.98. The third kappa shape index (κ3) is 4.41. The number of aliphatic carboxylic acids is 1. The van der Waals surface area contributed by atoms with Gasteiger partial charge in [0.2, 0.25) is 5.91 Å². The van der Waals surface area contributed by atoms with E-state index in [4.69, 9.17) is 5.11 Å². The summed E-state index contributed by atoms with van der Waals surface area (Å²) in [5, 5.41) is 10.0. The molecule has 1 aliphatic rings. The molecule has 1 aliphatic heterocycles. The minimum atomic E-state index is -0.879. The molecular weight excluding hydrogens is 433 g/mol. The Kier molecular flexibility index (Phi) is 5.84. The summed E-state index contributed by atoms with van der Waals surface area (Å²) in [5.41, 5.74) is 5.49. The Hall–Kier alpha value is -4.00. The number of benzene rings is 2. The number of halogens is 1. The van der Waals surface area contributed by atoms with Crippen molar-refractivity contribution in [3.63, 3.8) is 0 Å². The van der Waals surface area contributed by atoms with Crippen molar-refractivity contribution in [1.82, 2.24) is 14.5 Å². The molecule has 1 amide bonds. The first kappa shape index (κ1) is 21.8. The van der Waals surface area contributed by atoms with Gasteiger partial charge in [0.05, 0.1) is 19.4 Å². The molecule has 3 heterocycles. The van der Waals surface area contributed by atoms with Crippen LogP contribution in [0.3, 0.4) is 0 Å². The van der Waals surface area contributed by atoms with Gasteiger partial charge in [-0.1, -0.05) is 36.4 Å². The van der Waals surface area contributed by atoms with Crippen molar-refractivity contribution in [1.29, 1.82) is 0 Å². The van der Waals surface area contributed by atoms with Crippen molar-refractivity contribution in [3.8, 4) is 0 Å². The van der Waals surface area contributed by atoms with Gasteiger partial charge in [-0.2, -0.15) is 0 Å². The van der Waals surface area contributed by atoms with Crippen LogP contribution in [0, 0.1) is 5.82 Å². The molecule has 0 aliphatic carbocycles. The maximum atomic E-state index is 13.8. The molecule has 0 bridgehead atoms. The van der Waals surface area contributed by atoms with E-state index >= 15 is 0 Å². The summed E-state index contributed by atoms with van der Waals surface area (Å²) in [4.78, 5) is 30.5. The molecule has 0 saturated carbocycles. The van der Waals surface area contributed by atoms with E-state index in [9.17, 15) is 14.0 Å². The largest absolute Gasteiger partial charge is 0.481 e. The Labute approximate surface area is 196 Å². The zero-order valence-corrected chi connectivity index (χ0v) is 18.6. The van der Waals surface area contributed by atoms with Crippen LogP contribution in [0.4, 0.5) is 4.39 Å². The second-order valence-electron chi connectivity index (χ2n) is 8.64. The maximum Gasteiger partial charge on any atom is 0.307 e. The first-order chi connectivity index (χ1) is 16.5. The lowest BCUT2D eigenvalue weighted by Gasteiger charge is -2.29. The molecule has 7 heteroatoms. The number of rotatable bonds is 6. The summed E-state index contributed by atoms with van der Waals surface area (Å²) in [7, 11) is 0. The third-order valence-corrected chi connectivity index (χ3v) is 6.33. The van der Waals surface area contributed by atoms with E-state index in [1.807, 2.05) is 29.2 Å². The van der Waals surface area contributed by atoms with Crippen LogP contribution in [0.25, 0.3) is 11.0 Å². The van der Waals surface area contributed by atoms with E-state index in [1.54, 1.807) is 24.4 Å². The van der Waals surface area contributed by atoms with Gasteiger partial charge in [-0.25, -0.2) is 9.37 Å². The number of carbonyl (C=O) groups is 2. The van der Waals surface area contributed by atoms with Crippen LogP contribution in [-0.4, -0.2) is 38.0 Å². The molecule has 0 fully saturated rings. The number of carbonyl (C=O) groups excluding carboxylic acids is 1. The standard InChI is InChI=1S/C27H24FN3O3/c28-21-4-1-3-20(13-21)16-31-24-17-30(12-10-22(24)23-5-2-11-29-27(23)31)25(32)14-18-6-8-19(9-7-18)15-26(33)34/h1-9,11,13H,10,12,14-17H2,(H,33,34). The number of fused-ring (bicyclic) bond motifs is 3. The Balaban J connectivity index is 1.39. The maximum absolute atomic E-state index is 13.8. The summed E-state index contributed by atoms with van der Waals surface area (Å²) in [6, 6.07) is 17.7. The lowest BCUT2D eigenvalue weighted by atomic mass is 10.0. The van der Waals surface area contributed by atoms with Crippen molar-refractivity contribution >= 4 is 22.9 Å². The normalized spacial score (nSPS) is 13.1. The monoisotopic (exact) mass is 457 g/mol. The average Bonchev–Trinajstić information content (AvgIpc) is 3.13. The van der Waals surface area contributed by atoms with Gasteiger partial charge in [-0.3, -0.25) is 9.59 Å². The Morgan fingerprint density at radius 3 is 2.47 bits per heavy atom. The van der Waals surface area contributed by atoms with Crippen molar-refractivity contribution in [2.24, 2.45) is 0 Å². The van der Waals surface area contributed by atoms with Crippen molar-refractivity contribution in [2.45, 2.75) is 32.4 Å². The highest BCUT2D eigenvalue weighted by atomic mass is 19.1. The van der Waals surface area contributed by atoms with Crippen LogP contribution >= 0.6 is 0 Å². The van der Waals surface area contributed by atoms with Crippen LogP contribution < -0.4 is 0 Å². The number of carboxylic acid groups (broad SMARTS) is 1. The van der Waals surface area contributed by atoms with Gasteiger partial charge in [-0.15, -0.1) is 0 Å². The predicted molar refractivity (Wildman–Crippen MR) is 126 cm³/mol. The number of carboxylic acids is 1. The van der Waals surface area contributed by atoms with E-state index < -0.39 is 5.97 Å². The fraction of sp³-hybridized carbons (Fsp3) is 0.222. The second kappa shape index (κ2) is 9.09. The molecule has 2 aromatic heterocycles. The number of amides is 1. The number of hydrogen-bond donors (Lipinski definition) is 1. The first-order valence-electron chi connectivity index (χ1n) is 11.2. The van der Waals surface area contributed by atoms with Gasteiger partial charge in [0.15, 0.2) is 0 Å². The molecule has 2 aromatic carbocycles. The van der Waals surface area contributed by atoms with Gasteiger partial charge >= 0.3 is 5.97 Å². The summed E-state index contributed by atoms with van der Waals surface area (Å²) in [6.45, 7) is 1.57. The van der Waals surface area contributed by atoms with Crippen LogP contribution in [0.15, 0.2) is 66.9 Å². The van der Waals surface area contributed by atoms with Gasteiger partial charge < -0.3 is 14.6 Å². The molecule has 0 atom stereocenters. The molecule has 34 heavy (non-hydrogen) atoms. The summed E-state index contributed by atoms with van der Waals surface area (Å²) in [6.07, 6.45) is 2.71. The summed E-state index contributed by atoms with van der Waals surface area (Å²) in [5.74, 6) is -1.13. The lowest BCUT2D eigenvalue weighted by Crippen LogP contribution is -2.37. The smallest absolute Gasteiger partial charge is 0.307 e. The van der Waals surface area contributed by atoms with Crippen molar-refractivity contribution in [3.05, 3.63) is 101 Å². The van der Waals surface area contributed by atoms with Gasteiger partial charge in [0, 0.05) is 30.4 Å². The van der Waals surface area contributed by atoms with E-state index in [0.717, 1.165) is 34.3 Å². The Morgan fingerprint density at radius 2 is 1.74 bits per heavy atom. The highest BCUT2D eigenvalue weighted by molar-refractivity contribution is 5.84. The number of nitrogens with zero attached hydrogens (tertiary/aromatic N) is 3. The molecule has 1 N–H and O–H groups in total. The summed E-state index contributed by atoms with van der Waals surface area (Å²) >= 11 is 0. The fourth-order valence-corrected chi connectivity index (χ4v) is 4.70. The molecule has 4 aromatic rings. The van der Waals surface area contributed by atoms with Gasteiger partial charge in [0.1, 0.15) is 11.5 Å². The minimum Gasteiger partial charge on any atom is -0.481 e. The zero-order chi connectivity index (χ0) is 23.7. The highest BCUT2D eigenvalue weighted by Crippen LogP contribution is 2.31. The molecule has 0 radical (unpaired) electrons. The average molecular weight is 458 g/mol. The van der Waals surface area contributed by atoms with E-state index in [0.29, 0.717) is 25.2 Å². The van der Waals surface area contributed by atoms with Gasteiger partial charge in [-0.05, 0) is 52.9 Å².